The summed E-state index contributed by atoms with van der Waals surface area (Å²) in [7, 11) is 0. The summed E-state index contributed by atoms with van der Waals surface area (Å²) >= 11 is 6.27. The smallest absolute Gasteiger partial charge is 0.220 e. The van der Waals surface area contributed by atoms with Gasteiger partial charge >= 0.3 is 0 Å². The number of aromatic amines is 1. The Balaban J connectivity index is 1.54. The highest BCUT2D eigenvalue weighted by Crippen LogP contribution is 2.41. The Bertz CT molecular complexity index is 928. The van der Waals surface area contributed by atoms with Crippen LogP contribution in [0.5, 0.6) is 0 Å². The minimum absolute atomic E-state index is 0.121. The van der Waals surface area contributed by atoms with Crippen LogP contribution in [0, 0.1) is 5.92 Å². The number of carbonyl (C=O) groups excluding carboxylic acids is 1. The van der Waals surface area contributed by atoms with E-state index in [0.29, 0.717) is 18.9 Å². The second-order valence-electron chi connectivity index (χ2n) is 7.90. The maximum absolute atomic E-state index is 12.8. The molecule has 0 saturated heterocycles. The number of halogens is 1. The SMILES string of the molecule is O=C(C[C@H](c1c[nH]c2ccc(Cl)cc12)C1CCCCC1)NCc1ccccc1. The van der Waals surface area contributed by atoms with E-state index in [-0.39, 0.29) is 11.8 Å². The molecule has 0 aliphatic heterocycles. The Morgan fingerprint density at radius 1 is 1.11 bits per heavy atom. The first kappa shape index (κ1) is 19.1. The van der Waals surface area contributed by atoms with Gasteiger partial charge in [0, 0.05) is 35.1 Å². The fourth-order valence-electron chi connectivity index (χ4n) is 4.56. The van der Waals surface area contributed by atoms with Crippen molar-refractivity contribution in [3.63, 3.8) is 0 Å². The highest BCUT2D eigenvalue weighted by atomic mass is 35.5. The van der Waals surface area contributed by atoms with Gasteiger partial charge in [0.2, 0.25) is 5.91 Å². The number of carbonyl (C=O) groups is 1. The van der Waals surface area contributed by atoms with Crippen LogP contribution in [0.25, 0.3) is 10.9 Å². The average Bonchev–Trinajstić information content (AvgIpc) is 3.14. The summed E-state index contributed by atoms with van der Waals surface area (Å²) in [6, 6.07) is 16.0. The fraction of sp³-hybridized carbons (Fsp3) is 0.375. The van der Waals surface area contributed by atoms with Gasteiger partial charge in [0.25, 0.3) is 0 Å². The van der Waals surface area contributed by atoms with Crippen LogP contribution in [0.2, 0.25) is 5.02 Å². The average molecular weight is 395 g/mol. The third-order valence-corrected chi connectivity index (χ3v) is 6.27. The first-order valence-electron chi connectivity index (χ1n) is 10.3. The molecule has 4 heteroatoms. The van der Waals surface area contributed by atoms with Gasteiger partial charge in [0.15, 0.2) is 0 Å². The van der Waals surface area contributed by atoms with Crippen molar-refractivity contribution in [1.29, 1.82) is 0 Å². The standard InChI is InChI=1S/C24H27ClN2O/c25-19-11-12-23-21(13-19)22(16-26-23)20(18-9-5-2-6-10-18)14-24(28)27-15-17-7-3-1-4-8-17/h1,3-4,7-8,11-13,16,18,20,26H,2,5-6,9-10,14-15H2,(H,27,28)/t20-/m0/s1. The number of fused-ring (bicyclic) bond motifs is 1. The molecule has 1 aromatic heterocycles. The Labute approximate surface area is 171 Å². The van der Waals surface area contributed by atoms with Gasteiger partial charge in [0.1, 0.15) is 0 Å². The maximum Gasteiger partial charge on any atom is 0.220 e. The van der Waals surface area contributed by atoms with E-state index in [0.717, 1.165) is 21.5 Å². The van der Waals surface area contributed by atoms with Gasteiger partial charge < -0.3 is 10.3 Å². The van der Waals surface area contributed by atoms with Gasteiger partial charge in [-0.15, -0.1) is 0 Å². The molecule has 1 aliphatic carbocycles. The van der Waals surface area contributed by atoms with Crippen molar-refractivity contribution in [2.75, 3.05) is 0 Å². The minimum atomic E-state index is 0.121. The van der Waals surface area contributed by atoms with Crippen LogP contribution in [0.1, 0.15) is 55.6 Å². The van der Waals surface area contributed by atoms with Crippen LogP contribution >= 0.6 is 11.6 Å². The molecule has 0 spiro atoms. The van der Waals surface area contributed by atoms with Crippen LogP contribution < -0.4 is 5.32 Å². The molecule has 0 bridgehead atoms. The minimum Gasteiger partial charge on any atom is -0.361 e. The van der Waals surface area contributed by atoms with Crippen molar-refractivity contribution in [2.24, 2.45) is 5.92 Å². The molecule has 0 radical (unpaired) electrons. The summed E-state index contributed by atoms with van der Waals surface area (Å²) in [5.41, 5.74) is 3.45. The lowest BCUT2D eigenvalue weighted by atomic mass is 9.75. The number of hydrogen-bond acceptors (Lipinski definition) is 1. The van der Waals surface area contributed by atoms with Crippen LogP contribution in [-0.4, -0.2) is 10.9 Å². The lowest BCUT2D eigenvalue weighted by Gasteiger charge is -2.30. The Hall–Kier alpha value is -2.26. The van der Waals surface area contributed by atoms with E-state index in [2.05, 4.69) is 16.5 Å². The van der Waals surface area contributed by atoms with E-state index in [4.69, 9.17) is 11.6 Å². The van der Waals surface area contributed by atoms with Gasteiger partial charge in [-0.3, -0.25) is 4.79 Å². The van der Waals surface area contributed by atoms with E-state index in [1.54, 1.807) is 0 Å². The zero-order valence-corrected chi connectivity index (χ0v) is 16.8. The lowest BCUT2D eigenvalue weighted by molar-refractivity contribution is -0.122. The summed E-state index contributed by atoms with van der Waals surface area (Å²) in [6.45, 7) is 0.580. The molecular weight excluding hydrogens is 368 g/mol. The second kappa shape index (κ2) is 8.83. The summed E-state index contributed by atoms with van der Waals surface area (Å²) in [5, 5.41) is 5.01. The number of aromatic nitrogens is 1. The van der Waals surface area contributed by atoms with Crippen LogP contribution in [0.15, 0.2) is 54.7 Å². The molecule has 3 nitrogen and oxygen atoms in total. The molecule has 2 aromatic carbocycles. The van der Waals surface area contributed by atoms with E-state index in [1.165, 1.54) is 37.7 Å². The van der Waals surface area contributed by atoms with E-state index in [9.17, 15) is 4.79 Å². The molecule has 146 valence electrons. The molecule has 1 amide bonds. The first-order valence-corrected chi connectivity index (χ1v) is 10.7. The normalized spacial score (nSPS) is 16.2. The van der Waals surface area contributed by atoms with Crippen LogP contribution in [0.3, 0.4) is 0 Å². The summed E-state index contributed by atoms with van der Waals surface area (Å²) in [5.74, 6) is 0.897. The predicted molar refractivity (Wildman–Crippen MR) is 116 cm³/mol. The van der Waals surface area contributed by atoms with Gasteiger partial charge in [-0.2, -0.15) is 0 Å². The molecule has 4 rings (SSSR count). The molecule has 1 aliphatic rings. The molecule has 28 heavy (non-hydrogen) atoms. The zero-order valence-electron chi connectivity index (χ0n) is 16.1. The molecule has 1 fully saturated rings. The number of amides is 1. The number of hydrogen-bond donors (Lipinski definition) is 2. The molecule has 2 N–H and O–H groups in total. The van der Waals surface area contributed by atoms with Crippen molar-refractivity contribution in [1.82, 2.24) is 10.3 Å². The summed E-state index contributed by atoms with van der Waals surface area (Å²) < 4.78 is 0. The number of nitrogens with one attached hydrogen (secondary N) is 2. The zero-order chi connectivity index (χ0) is 19.3. The van der Waals surface area contributed by atoms with Crippen molar-refractivity contribution < 1.29 is 4.79 Å². The monoisotopic (exact) mass is 394 g/mol. The van der Waals surface area contributed by atoms with E-state index < -0.39 is 0 Å². The molecule has 1 saturated carbocycles. The second-order valence-corrected chi connectivity index (χ2v) is 8.34. The Morgan fingerprint density at radius 3 is 2.68 bits per heavy atom. The maximum atomic E-state index is 12.8. The molecule has 3 aromatic rings. The van der Waals surface area contributed by atoms with E-state index >= 15 is 0 Å². The number of H-pyrrole nitrogens is 1. The van der Waals surface area contributed by atoms with Gasteiger partial charge in [-0.05, 0) is 54.0 Å². The summed E-state index contributed by atoms with van der Waals surface area (Å²) in [6.07, 6.45) is 8.84. The first-order chi connectivity index (χ1) is 13.7. The predicted octanol–water partition coefficient (Wildman–Crippen LogP) is 6.19. The van der Waals surface area contributed by atoms with Crippen LogP contribution in [-0.2, 0) is 11.3 Å². The molecular formula is C24H27ClN2O. The number of benzene rings is 2. The highest BCUT2D eigenvalue weighted by molar-refractivity contribution is 6.31. The topological polar surface area (TPSA) is 44.9 Å². The summed E-state index contributed by atoms with van der Waals surface area (Å²) in [4.78, 5) is 16.2. The third-order valence-electron chi connectivity index (χ3n) is 6.03. The molecule has 1 atom stereocenters. The molecule has 0 unspecified atom stereocenters. The Morgan fingerprint density at radius 2 is 1.89 bits per heavy atom. The Kier molecular flexibility index (Phi) is 6.01. The van der Waals surface area contributed by atoms with E-state index in [1.807, 2.05) is 48.5 Å². The van der Waals surface area contributed by atoms with Crippen LogP contribution in [0.4, 0.5) is 0 Å². The van der Waals surface area contributed by atoms with Crippen molar-refractivity contribution >= 4 is 28.4 Å². The third kappa shape index (κ3) is 4.41. The van der Waals surface area contributed by atoms with Gasteiger partial charge in [-0.1, -0.05) is 61.2 Å². The molecule has 1 heterocycles. The largest absolute Gasteiger partial charge is 0.361 e. The van der Waals surface area contributed by atoms with Gasteiger partial charge in [0.05, 0.1) is 0 Å². The van der Waals surface area contributed by atoms with Gasteiger partial charge in [-0.25, -0.2) is 0 Å². The number of rotatable bonds is 6. The highest BCUT2D eigenvalue weighted by Gasteiger charge is 2.29. The lowest BCUT2D eigenvalue weighted by Crippen LogP contribution is -2.27. The quantitative estimate of drug-likeness (QED) is 0.514. The fourth-order valence-corrected chi connectivity index (χ4v) is 4.73. The van der Waals surface area contributed by atoms with Crippen molar-refractivity contribution in [3.8, 4) is 0 Å². The van der Waals surface area contributed by atoms with Crippen molar-refractivity contribution in [2.45, 2.75) is 51.0 Å². The van der Waals surface area contributed by atoms with Crippen molar-refractivity contribution in [3.05, 3.63) is 70.9 Å².